The maximum Gasteiger partial charge on any atom is 0.416 e. The van der Waals surface area contributed by atoms with E-state index in [-0.39, 0.29) is 17.7 Å². The van der Waals surface area contributed by atoms with E-state index in [1.807, 2.05) is 0 Å². The molecular formula is C13H13F3N2O. The molecule has 0 aliphatic carbocycles. The van der Waals surface area contributed by atoms with Crippen LogP contribution in [0.2, 0.25) is 0 Å². The van der Waals surface area contributed by atoms with Crippen LogP contribution in [0.5, 0.6) is 0 Å². The third-order valence-electron chi connectivity index (χ3n) is 2.49. The van der Waals surface area contributed by atoms with E-state index in [9.17, 15) is 18.0 Å². The number of amides is 1. The first-order chi connectivity index (χ1) is 8.75. The Labute approximate surface area is 109 Å². The molecule has 19 heavy (non-hydrogen) atoms. The molecule has 1 amide bonds. The lowest BCUT2D eigenvalue weighted by molar-refractivity contribution is -0.138. The van der Waals surface area contributed by atoms with Gasteiger partial charge in [0.25, 0.3) is 0 Å². The summed E-state index contributed by atoms with van der Waals surface area (Å²) < 4.78 is 38.0. The second-order valence-corrected chi connectivity index (χ2v) is 4.03. The molecule has 102 valence electrons. The highest BCUT2D eigenvalue weighted by molar-refractivity contribution is 5.94. The van der Waals surface area contributed by atoms with E-state index >= 15 is 0 Å². The SMILES string of the molecule is C#CCC(N)C(=O)Nc1ccc(C)c(C(F)(F)F)c1. The van der Waals surface area contributed by atoms with Crippen molar-refractivity contribution in [3.63, 3.8) is 0 Å². The van der Waals surface area contributed by atoms with Gasteiger partial charge in [0.05, 0.1) is 11.6 Å². The minimum atomic E-state index is -4.47. The third-order valence-corrected chi connectivity index (χ3v) is 2.49. The minimum Gasteiger partial charge on any atom is -0.325 e. The molecule has 0 aliphatic heterocycles. The van der Waals surface area contributed by atoms with Gasteiger partial charge in [-0.15, -0.1) is 12.3 Å². The molecule has 6 heteroatoms. The summed E-state index contributed by atoms with van der Waals surface area (Å²) in [5, 5.41) is 2.31. The Kier molecular flexibility index (Phi) is 4.57. The Balaban J connectivity index is 2.93. The van der Waals surface area contributed by atoms with Gasteiger partial charge in [0.1, 0.15) is 0 Å². The Morgan fingerprint density at radius 2 is 2.16 bits per heavy atom. The first-order valence-electron chi connectivity index (χ1n) is 5.43. The molecule has 0 aromatic heterocycles. The van der Waals surface area contributed by atoms with Crippen LogP contribution in [0.1, 0.15) is 17.5 Å². The summed E-state index contributed by atoms with van der Waals surface area (Å²) in [5.41, 5.74) is 4.78. The standard InChI is InChI=1S/C13H13F3N2O/c1-3-4-11(17)12(19)18-9-6-5-8(2)10(7-9)13(14,15)16/h1,5-7,11H,4,17H2,2H3,(H,18,19). The zero-order valence-electron chi connectivity index (χ0n) is 10.2. The highest BCUT2D eigenvalue weighted by atomic mass is 19.4. The van der Waals surface area contributed by atoms with Crippen molar-refractivity contribution in [2.75, 3.05) is 5.32 Å². The van der Waals surface area contributed by atoms with Crippen LogP contribution in [-0.4, -0.2) is 11.9 Å². The van der Waals surface area contributed by atoms with Crippen LogP contribution in [0, 0.1) is 19.3 Å². The number of nitrogens with one attached hydrogen (secondary N) is 1. The average Bonchev–Trinajstić information content (AvgIpc) is 2.30. The molecule has 0 bridgehead atoms. The molecule has 0 fully saturated rings. The predicted molar refractivity (Wildman–Crippen MR) is 66.2 cm³/mol. The fraction of sp³-hybridized carbons (Fsp3) is 0.308. The van der Waals surface area contributed by atoms with E-state index in [0.717, 1.165) is 6.07 Å². The fourth-order valence-corrected chi connectivity index (χ4v) is 1.46. The number of benzene rings is 1. The van der Waals surface area contributed by atoms with E-state index in [4.69, 9.17) is 12.2 Å². The van der Waals surface area contributed by atoms with Crippen LogP contribution in [0.15, 0.2) is 18.2 Å². The summed E-state index contributed by atoms with van der Waals surface area (Å²) in [5.74, 6) is 1.60. The number of nitrogens with two attached hydrogens (primary N) is 1. The summed E-state index contributed by atoms with van der Waals surface area (Å²) in [6, 6.07) is 2.59. The molecule has 0 saturated carbocycles. The second kappa shape index (κ2) is 5.76. The topological polar surface area (TPSA) is 55.1 Å². The van der Waals surface area contributed by atoms with E-state index in [2.05, 4.69) is 11.2 Å². The number of terminal acetylenes is 1. The van der Waals surface area contributed by atoms with Crippen LogP contribution in [-0.2, 0) is 11.0 Å². The zero-order valence-corrected chi connectivity index (χ0v) is 10.2. The van der Waals surface area contributed by atoms with Crippen LogP contribution in [0.4, 0.5) is 18.9 Å². The second-order valence-electron chi connectivity index (χ2n) is 4.03. The number of carbonyl (C=O) groups is 1. The number of aryl methyl sites for hydroxylation is 1. The Bertz CT molecular complexity index is 518. The third kappa shape index (κ3) is 4.00. The Morgan fingerprint density at radius 3 is 2.68 bits per heavy atom. The van der Waals surface area contributed by atoms with Gasteiger partial charge in [-0.1, -0.05) is 6.07 Å². The number of anilines is 1. The molecule has 0 saturated heterocycles. The Morgan fingerprint density at radius 1 is 1.53 bits per heavy atom. The van der Waals surface area contributed by atoms with Crippen LogP contribution in [0.3, 0.4) is 0 Å². The van der Waals surface area contributed by atoms with Crippen LogP contribution < -0.4 is 11.1 Å². The summed E-state index contributed by atoms with van der Waals surface area (Å²) >= 11 is 0. The molecule has 0 radical (unpaired) electrons. The number of carbonyl (C=O) groups excluding carboxylic acids is 1. The smallest absolute Gasteiger partial charge is 0.325 e. The maximum atomic E-state index is 12.7. The molecule has 3 nitrogen and oxygen atoms in total. The van der Waals surface area contributed by atoms with Gasteiger partial charge >= 0.3 is 6.18 Å². The van der Waals surface area contributed by atoms with Gasteiger partial charge in [-0.2, -0.15) is 13.2 Å². The van der Waals surface area contributed by atoms with Crippen molar-refractivity contribution in [2.45, 2.75) is 25.6 Å². The van der Waals surface area contributed by atoms with Crippen molar-refractivity contribution in [1.29, 1.82) is 0 Å². The van der Waals surface area contributed by atoms with Crippen molar-refractivity contribution in [3.8, 4) is 12.3 Å². The lowest BCUT2D eigenvalue weighted by Gasteiger charge is -2.14. The van der Waals surface area contributed by atoms with Crippen LogP contribution >= 0.6 is 0 Å². The first kappa shape index (κ1) is 15.1. The van der Waals surface area contributed by atoms with Crippen molar-refractivity contribution in [1.82, 2.24) is 0 Å². The summed E-state index contributed by atoms with van der Waals surface area (Å²) in [6.45, 7) is 1.35. The normalized spacial score (nSPS) is 12.6. The van der Waals surface area contributed by atoms with Gasteiger partial charge in [-0.25, -0.2) is 0 Å². The fourth-order valence-electron chi connectivity index (χ4n) is 1.46. The van der Waals surface area contributed by atoms with Crippen LogP contribution in [0.25, 0.3) is 0 Å². The Hall–Kier alpha value is -2.00. The van der Waals surface area contributed by atoms with Gasteiger partial charge in [0, 0.05) is 12.1 Å². The molecule has 0 spiro atoms. The summed E-state index contributed by atoms with van der Waals surface area (Å²) in [7, 11) is 0. The first-order valence-corrected chi connectivity index (χ1v) is 5.43. The molecular weight excluding hydrogens is 257 g/mol. The van der Waals surface area contributed by atoms with Gasteiger partial charge in [-0.05, 0) is 24.6 Å². The van der Waals surface area contributed by atoms with Gasteiger partial charge < -0.3 is 11.1 Å². The minimum absolute atomic E-state index is 0.0177. The zero-order chi connectivity index (χ0) is 14.6. The molecule has 1 rings (SSSR count). The van der Waals surface area contributed by atoms with E-state index in [1.165, 1.54) is 19.1 Å². The predicted octanol–water partition coefficient (Wildman–Crippen LogP) is 2.30. The molecule has 0 heterocycles. The highest BCUT2D eigenvalue weighted by Gasteiger charge is 2.32. The van der Waals surface area contributed by atoms with Crippen molar-refractivity contribution >= 4 is 11.6 Å². The number of rotatable bonds is 3. The van der Waals surface area contributed by atoms with Gasteiger partial charge in [-0.3, -0.25) is 4.79 Å². The summed E-state index contributed by atoms with van der Waals surface area (Å²) in [6.07, 6.45) is 0.554. The van der Waals surface area contributed by atoms with Crippen molar-refractivity contribution < 1.29 is 18.0 Å². The average molecular weight is 270 g/mol. The molecule has 1 atom stereocenters. The van der Waals surface area contributed by atoms with E-state index < -0.39 is 23.7 Å². The number of halogens is 3. The number of hydrogen-bond donors (Lipinski definition) is 2. The van der Waals surface area contributed by atoms with Gasteiger partial charge in [0.2, 0.25) is 5.91 Å². The molecule has 1 unspecified atom stereocenters. The molecule has 0 aliphatic rings. The lowest BCUT2D eigenvalue weighted by atomic mass is 10.1. The van der Waals surface area contributed by atoms with E-state index in [0.29, 0.717) is 0 Å². The lowest BCUT2D eigenvalue weighted by Crippen LogP contribution is -2.35. The molecule has 1 aromatic rings. The number of alkyl halides is 3. The maximum absolute atomic E-state index is 12.7. The highest BCUT2D eigenvalue weighted by Crippen LogP contribution is 2.33. The van der Waals surface area contributed by atoms with E-state index in [1.54, 1.807) is 0 Å². The quantitative estimate of drug-likeness (QED) is 0.828. The van der Waals surface area contributed by atoms with Crippen molar-refractivity contribution in [3.05, 3.63) is 29.3 Å². The number of hydrogen-bond acceptors (Lipinski definition) is 2. The monoisotopic (exact) mass is 270 g/mol. The summed E-state index contributed by atoms with van der Waals surface area (Å²) in [4.78, 5) is 11.5. The largest absolute Gasteiger partial charge is 0.416 e. The van der Waals surface area contributed by atoms with Crippen molar-refractivity contribution in [2.24, 2.45) is 5.73 Å². The molecule has 1 aromatic carbocycles. The van der Waals surface area contributed by atoms with Gasteiger partial charge in [0.15, 0.2) is 0 Å². The molecule has 3 N–H and O–H groups in total.